The lowest BCUT2D eigenvalue weighted by molar-refractivity contribution is -0.172. The molecule has 11 heteroatoms. The third-order valence-corrected chi connectivity index (χ3v) is 7.98. The molecule has 204 valence electrons. The lowest BCUT2D eigenvalue weighted by Gasteiger charge is -2.30. The molecule has 1 atom stereocenters. The predicted molar refractivity (Wildman–Crippen MR) is 143 cm³/mol. The van der Waals surface area contributed by atoms with E-state index >= 15 is 0 Å². The van der Waals surface area contributed by atoms with Gasteiger partial charge in [-0.3, -0.25) is 9.59 Å². The van der Waals surface area contributed by atoms with Crippen LogP contribution in [0.2, 0.25) is 0 Å². The number of nitrogens with two attached hydrogens (primary N) is 1. The van der Waals surface area contributed by atoms with Crippen molar-refractivity contribution in [3.8, 4) is 11.1 Å². The van der Waals surface area contributed by atoms with Gasteiger partial charge < -0.3 is 19.9 Å². The van der Waals surface area contributed by atoms with Gasteiger partial charge in [-0.15, -0.1) is 0 Å². The molecule has 1 aliphatic heterocycles. The van der Waals surface area contributed by atoms with Gasteiger partial charge in [0.15, 0.2) is 0 Å². The minimum atomic E-state index is -1.40. The third kappa shape index (κ3) is 6.40. The Kier molecular flexibility index (Phi) is 8.49. The number of carbonyl (C=O) groups is 2. The Bertz CT molecular complexity index is 1340. The van der Waals surface area contributed by atoms with Crippen molar-refractivity contribution in [1.82, 2.24) is 13.9 Å². The van der Waals surface area contributed by atoms with Crippen LogP contribution in [0.15, 0.2) is 47.6 Å². The summed E-state index contributed by atoms with van der Waals surface area (Å²) >= 11 is 0. The Hall–Kier alpha value is -3.28. The second-order valence-corrected chi connectivity index (χ2v) is 11.7. The number of esters is 2. The standard InChI is InChI=1S/C27H34N4O6S/c1-27(2,3)26(33)37-17-36-25(32)14-19-16-29-31-12-7-18(13-23(19)31)22-6-5-20(28)15-24(22)38(34)30-10-8-21(35-4)9-11-30/h5-7,12-13,15-16,21H,8-11,14,17,28H2,1-4H3. The van der Waals surface area contributed by atoms with Crippen molar-refractivity contribution in [2.75, 3.05) is 32.7 Å². The fourth-order valence-electron chi connectivity index (χ4n) is 4.20. The third-order valence-electron chi connectivity index (χ3n) is 6.43. The van der Waals surface area contributed by atoms with Crippen LogP contribution in [0.3, 0.4) is 0 Å². The minimum absolute atomic E-state index is 0.0466. The number of hydrogen-bond acceptors (Lipinski definition) is 8. The van der Waals surface area contributed by atoms with Gasteiger partial charge in [0.05, 0.1) is 34.5 Å². The van der Waals surface area contributed by atoms with Crippen LogP contribution in [0, 0.1) is 5.41 Å². The molecular formula is C27H34N4O6S. The summed E-state index contributed by atoms with van der Waals surface area (Å²) in [4.78, 5) is 24.9. The molecule has 3 aromatic rings. The van der Waals surface area contributed by atoms with E-state index in [4.69, 9.17) is 19.9 Å². The molecule has 3 heterocycles. The first-order valence-electron chi connectivity index (χ1n) is 12.5. The van der Waals surface area contributed by atoms with Gasteiger partial charge in [-0.05, 0) is 69.0 Å². The lowest BCUT2D eigenvalue weighted by atomic mass is 9.98. The molecule has 1 aliphatic rings. The van der Waals surface area contributed by atoms with Gasteiger partial charge in [0.2, 0.25) is 6.79 Å². The number of nitrogens with zero attached hydrogens (tertiary/aromatic N) is 3. The maximum absolute atomic E-state index is 13.6. The molecule has 1 unspecified atom stereocenters. The first-order chi connectivity index (χ1) is 18.1. The van der Waals surface area contributed by atoms with Crippen molar-refractivity contribution in [1.29, 1.82) is 0 Å². The number of methoxy groups -OCH3 is 1. The van der Waals surface area contributed by atoms with Gasteiger partial charge in [-0.2, -0.15) is 5.10 Å². The van der Waals surface area contributed by atoms with Gasteiger partial charge in [0, 0.05) is 37.6 Å². The van der Waals surface area contributed by atoms with E-state index < -0.39 is 35.1 Å². The van der Waals surface area contributed by atoms with Crippen LogP contribution >= 0.6 is 0 Å². The highest BCUT2D eigenvalue weighted by molar-refractivity contribution is 7.82. The first-order valence-corrected chi connectivity index (χ1v) is 13.6. The number of pyridine rings is 1. The number of benzene rings is 1. The number of anilines is 1. The van der Waals surface area contributed by atoms with E-state index in [-0.39, 0.29) is 12.5 Å². The molecular weight excluding hydrogens is 508 g/mol. The zero-order chi connectivity index (χ0) is 27.4. The van der Waals surface area contributed by atoms with E-state index in [1.54, 1.807) is 56.9 Å². The number of ether oxygens (including phenoxy) is 3. The number of piperidine rings is 1. The smallest absolute Gasteiger partial charge is 0.314 e. The van der Waals surface area contributed by atoms with Crippen LogP contribution in [0.25, 0.3) is 16.6 Å². The second-order valence-electron chi connectivity index (χ2n) is 10.3. The molecule has 1 fully saturated rings. The fourth-order valence-corrected chi connectivity index (χ4v) is 5.63. The molecule has 0 spiro atoms. The van der Waals surface area contributed by atoms with Crippen molar-refractivity contribution in [3.05, 3.63) is 48.3 Å². The fraction of sp³-hybridized carbons (Fsp3) is 0.444. The Morgan fingerprint density at radius 2 is 1.87 bits per heavy atom. The lowest BCUT2D eigenvalue weighted by Crippen LogP contribution is -2.37. The molecule has 0 bridgehead atoms. The van der Waals surface area contributed by atoms with E-state index in [2.05, 4.69) is 5.10 Å². The molecule has 0 saturated carbocycles. The predicted octanol–water partition coefficient (Wildman–Crippen LogP) is 3.35. The second kappa shape index (κ2) is 11.6. The average Bonchev–Trinajstić information content (AvgIpc) is 3.29. The van der Waals surface area contributed by atoms with Gasteiger partial charge in [0.1, 0.15) is 11.0 Å². The van der Waals surface area contributed by atoms with E-state index in [9.17, 15) is 13.8 Å². The van der Waals surface area contributed by atoms with Crippen LogP contribution < -0.4 is 5.73 Å². The number of nitrogen functional groups attached to an aromatic ring is 1. The zero-order valence-electron chi connectivity index (χ0n) is 22.1. The Morgan fingerprint density at radius 3 is 2.55 bits per heavy atom. The van der Waals surface area contributed by atoms with Crippen molar-refractivity contribution < 1.29 is 28.0 Å². The van der Waals surface area contributed by atoms with Crippen molar-refractivity contribution in [2.24, 2.45) is 5.41 Å². The van der Waals surface area contributed by atoms with Crippen molar-refractivity contribution in [2.45, 2.75) is 51.0 Å². The normalized spacial score (nSPS) is 15.9. The average molecular weight is 543 g/mol. The number of rotatable bonds is 8. The van der Waals surface area contributed by atoms with Crippen LogP contribution in [0.5, 0.6) is 0 Å². The summed E-state index contributed by atoms with van der Waals surface area (Å²) in [5.74, 6) is -0.994. The summed E-state index contributed by atoms with van der Waals surface area (Å²) in [7, 11) is 0.302. The number of aromatic nitrogens is 2. The largest absolute Gasteiger partial charge is 0.428 e. The Balaban J connectivity index is 1.53. The maximum atomic E-state index is 13.6. The minimum Gasteiger partial charge on any atom is -0.428 e. The summed E-state index contributed by atoms with van der Waals surface area (Å²) in [6, 6.07) is 9.19. The molecule has 4 rings (SSSR count). The summed E-state index contributed by atoms with van der Waals surface area (Å²) in [5, 5.41) is 4.33. The molecule has 2 N–H and O–H groups in total. The molecule has 2 aromatic heterocycles. The van der Waals surface area contributed by atoms with Crippen LogP contribution in [0.1, 0.15) is 39.2 Å². The van der Waals surface area contributed by atoms with Crippen LogP contribution in [-0.2, 0) is 41.2 Å². The summed E-state index contributed by atoms with van der Waals surface area (Å²) in [6.45, 7) is 6.05. The molecule has 10 nitrogen and oxygen atoms in total. The monoisotopic (exact) mass is 542 g/mol. The van der Waals surface area contributed by atoms with Gasteiger partial charge >= 0.3 is 11.9 Å². The molecule has 1 aromatic carbocycles. The molecule has 1 saturated heterocycles. The van der Waals surface area contributed by atoms with E-state index in [0.717, 1.165) is 24.0 Å². The molecule has 0 aliphatic carbocycles. The SMILES string of the molecule is COC1CCN(S(=O)c2cc(N)ccc2-c2ccn3ncc(CC(=O)OCOC(=O)C(C)(C)C)c3c2)CC1. The Labute approximate surface area is 224 Å². The Morgan fingerprint density at radius 1 is 1.13 bits per heavy atom. The van der Waals surface area contributed by atoms with Crippen LogP contribution in [0.4, 0.5) is 5.69 Å². The quantitative estimate of drug-likeness (QED) is 0.261. The van der Waals surface area contributed by atoms with E-state index in [1.807, 2.05) is 22.5 Å². The zero-order valence-corrected chi connectivity index (χ0v) is 23.0. The van der Waals surface area contributed by atoms with Crippen molar-refractivity contribution >= 4 is 34.1 Å². The highest BCUT2D eigenvalue weighted by Gasteiger charge is 2.26. The molecule has 0 amide bonds. The van der Waals surface area contributed by atoms with Crippen LogP contribution in [-0.4, -0.2) is 63.2 Å². The van der Waals surface area contributed by atoms with Crippen molar-refractivity contribution in [3.63, 3.8) is 0 Å². The summed E-state index contributed by atoms with van der Waals surface area (Å²) in [6.07, 6.45) is 5.16. The maximum Gasteiger partial charge on any atom is 0.314 e. The van der Waals surface area contributed by atoms with Gasteiger partial charge in [0.25, 0.3) is 0 Å². The summed E-state index contributed by atoms with van der Waals surface area (Å²) < 4.78 is 32.8. The van der Waals surface area contributed by atoms with Gasteiger partial charge in [-0.25, -0.2) is 13.0 Å². The van der Waals surface area contributed by atoms with Gasteiger partial charge in [-0.1, -0.05) is 6.07 Å². The number of hydrogen-bond donors (Lipinski definition) is 1. The molecule has 38 heavy (non-hydrogen) atoms. The topological polar surface area (TPSA) is 125 Å². The highest BCUT2D eigenvalue weighted by atomic mass is 32.2. The molecule has 0 radical (unpaired) electrons. The number of carbonyl (C=O) groups excluding carboxylic acids is 2. The highest BCUT2D eigenvalue weighted by Crippen LogP contribution is 2.32. The first kappa shape index (κ1) is 27.7. The summed E-state index contributed by atoms with van der Waals surface area (Å²) in [5.41, 5.74) is 8.90. The van der Waals surface area contributed by atoms with E-state index in [1.165, 1.54) is 0 Å². The van der Waals surface area contributed by atoms with E-state index in [0.29, 0.717) is 34.8 Å². The number of fused-ring (bicyclic) bond motifs is 1.